The van der Waals surface area contributed by atoms with E-state index in [1.807, 2.05) is 18.2 Å². The molecule has 0 fully saturated rings. The van der Waals surface area contributed by atoms with Crippen molar-refractivity contribution in [3.05, 3.63) is 47.0 Å². The van der Waals surface area contributed by atoms with Crippen LogP contribution >= 0.6 is 0 Å². The van der Waals surface area contributed by atoms with Gasteiger partial charge in [-0.05, 0) is 57.0 Å². The third-order valence-corrected chi connectivity index (χ3v) is 5.12. The van der Waals surface area contributed by atoms with Crippen LogP contribution in [-0.2, 0) is 25.2 Å². The standard InChI is InChI=1S/C20H28O4Si/c1-5-23-20(22)19-16(12-13-17(19)21)18(24-25(2,3)4)14-11-15-9-7-6-8-10-15/h6-10,18H,5,11-14H2,1-4H3. The zero-order chi connectivity index (χ0) is 18.4. The number of ether oxygens (including phenoxy) is 1. The largest absolute Gasteiger partial charge is 0.462 e. The zero-order valence-electron chi connectivity index (χ0n) is 15.6. The van der Waals surface area contributed by atoms with E-state index < -0.39 is 14.3 Å². The smallest absolute Gasteiger partial charge is 0.341 e. The van der Waals surface area contributed by atoms with Gasteiger partial charge in [0.15, 0.2) is 14.1 Å². The maximum absolute atomic E-state index is 12.3. The highest BCUT2D eigenvalue weighted by molar-refractivity contribution is 6.69. The molecule has 0 N–H and O–H groups in total. The first-order valence-electron chi connectivity index (χ1n) is 8.97. The molecule has 5 heteroatoms. The predicted molar refractivity (Wildman–Crippen MR) is 101 cm³/mol. The minimum Gasteiger partial charge on any atom is -0.462 e. The fourth-order valence-electron chi connectivity index (χ4n) is 3.12. The first-order valence-corrected chi connectivity index (χ1v) is 12.4. The fourth-order valence-corrected chi connectivity index (χ4v) is 4.23. The second-order valence-corrected chi connectivity index (χ2v) is 11.7. The van der Waals surface area contributed by atoms with E-state index in [2.05, 4.69) is 31.8 Å². The van der Waals surface area contributed by atoms with Crippen molar-refractivity contribution >= 4 is 20.1 Å². The van der Waals surface area contributed by atoms with Crippen molar-refractivity contribution in [3.8, 4) is 0 Å². The molecular weight excluding hydrogens is 332 g/mol. The predicted octanol–water partition coefficient (Wildman–Crippen LogP) is 4.06. The third-order valence-electron chi connectivity index (χ3n) is 4.12. The van der Waals surface area contributed by atoms with Crippen molar-refractivity contribution < 1.29 is 18.8 Å². The van der Waals surface area contributed by atoms with Crippen LogP contribution in [0.2, 0.25) is 19.6 Å². The van der Waals surface area contributed by atoms with Gasteiger partial charge in [0.2, 0.25) is 0 Å². The molecule has 1 aliphatic rings. The summed E-state index contributed by atoms with van der Waals surface area (Å²) in [6.45, 7) is 8.41. The van der Waals surface area contributed by atoms with Gasteiger partial charge < -0.3 is 9.16 Å². The molecule has 1 aromatic rings. The summed E-state index contributed by atoms with van der Waals surface area (Å²) in [6.07, 6.45) is 2.39. The first kappa shape index (κ1) is 19.6. The van der Waals surface area contributed by atoms with Crippen LogP contribution in [0.1, 0.15) is 31.7 Å². The van der Waals surface area contributed by atoms with E-state index in [4.69, 9.17) is 9.16 Å². The number of esters is 1. The third kappa shape index (κ3) is 5.65. The SMILES string of the molecule is CCOC(=O)C1=C(C(CCc2ccccc2)O[Si](C)(C)C)CCC1=O. The number of rotatable bonds is 8. The van der Waals surface area contributed by atoms with Crippen LogP contribution < -0.4 is 0 Å². The Kier molecular flexibility index (Phi) is 6.73. The lowest BCUT2D eigenvalue weighted by Gasteiger charge is -2.28. The minimum atomic E-state index is -1.83. The molecule has 0 heterocycles. The molecule has 4 nitrogen and oxygen atoms in total. The van der Waals surface area contributed by atoms with E-state index in [9.17, 15) is 9.59 Å². The number of hydrogen-bond acceptors (Lipinski definition) is 4. The lowest BCUT2D eigenvalue weighted by molar-refractivity contribution is -0.139. The van der Waals surface area contributed by atoms with E-state index in [0.717, 1.165) is 18.4 Å². The zero-order valence-corrected chi connectivity index (χ0v) is 16.6. The van der Waals surface area contributed by atoms with Gasteiger partial charge in [0.1, 0.15) is 5.57 Å². The molecule has 0 amide bonds. The number of ketones is 1. The quantitative estimate of drug-likeness (QED) is 0.398. The number of carbonyl (C=O) groups is 2. The Bertz CT molecular complexity index is 643. The van der Waals surface area contributed by atoms with Crippen molar-refractivity contribution in [2.24, 2.45) is 0 Å². The molecule has 1 atom stereocenters. The number of benzene rings is 1. The van der Waals surface area contributed by atoms with Crippen molar-refractivity contribution in [1.82, 2.24) is 0 Å². The van der Waals surface area contributed by atoms with Crippen LogP contribution in [0.3, 0.4) is 0 Å². The molecule has 0 saturated heterocycles. The van der Waals surface area contributed by atoms with Crippen molar-refractivity contribution in [2.75, 3.05) is 6.61 Å². The molecule has 0 aliphatic heterocycles. The average Bonchev–Trinajstić information content (AvgIpc) is 2.93. The minimum absolute atomic E-state index is 0.114. The summed E-state index contributed by atoms with van der Waals surface area (Å²) >= 11 is 0. The number of carbonyl (C=O) groups excluding carboxylic acids is 2. The summed E-state index contributed by atoms with van der Waals surface area (Å²) in [5.41, 5.74) is 2.30. The van der Waals surface area contributed by atoms with Gasteiger partial charge in [-0.3, -0.25) is 4.79 Å². The van der Waals surface area contributed by atoms with Crippen LogP contribution in [-0.4, -0.2) is 32.8 Å². The second-order valence-electron chi connectivity index (χ2n) is 7.29. The Balaban J connectivity index is 2.26. The maximum Gasteiger partial charge on any atom is 0.341 e. The van der Waals surface area contributed by atoms with Gasteiger partial charge in [-0.1, -0.05) is 30.3 Å². The monoisotopic (exact) mass is 360 g/mol. The molecule has 2 rings (SSSR count). The number of Topliss-reactive ketones (excluding diaryl/α,β-unsaturated/α-hetero) is 1. The van der Waals surface area contributed by atoms with Gasteiger partial charge >= 0.3 is 5.97 Å². The van der Waals surface area contributed by atoms with Crippen LogP contribution in [0.15, 0.2) is 41.5 Å². The lowest BCUT2D eigenvalue weighted by Crippen LogP contribution is -2.34. The van der Waals surface area contributed by atoms with E-state index in [0.29, 0.717) is 12.8 Å². The molecule has 1 aromatic carbocycles. The van der Waals surface area contributed by atoms with Gasteiger partial charge in [-0.2, -0.15) is 0 Å². The number of hydrogen-bond donors (Lipinski definition) is 0. The van der Waals surface area contributed by atoms with Crippen molar-refractivity contribution in [2.45, 2.75) is 58.4 Å². The van der Waals surface area contributed by atoms with E-state index in [-0.39, 0.29) is 24.1 Å². The topological polar surface area (TPSA) is 52.6 Å². The molecule has 0 radical (unpaired) electrons. The summed E-state index contributed by atoms with van der Waals surface area (Å²) < 4.78 is 11.5. The van der Waals surface area contributed by atoms with Crippen molar-refractivity contribution in [1.29, 1.82) is 0 Å². The fraction of sp³-hybridized carbons (Fsp3) is 0.500. The van der Waals surface area contributed by atoms with Crippen molar-refractivity contribution in [3.63, 3.8) is 0 Å². The van der Waals surface area contributed by atoms with Gasteiger partial charge in [-0.15, -0.1) is 0 Å². The highest BCUT2D eigenvalue weighted by Gasteiger charge is 2.35. The Labute approximate surface area is 151 Å². The van der Waals surface area contributed by atoms with E-state index >= 15 is 0 Å². The normalized spacial score (nSPS) is 16.2. The van der Waals surface area contributed by atoms with Crippen LogP contribution in [0.25, 0.3) is 0 Å². The van der Waals surface area contributed by atoms with Gasteiger partial charge in [0.25, 0.3) is 0 Å². The summed E-state index contributed by atoms with van der Waals surface area (Å²) in [7, 11) is -1.83. The van der Waals surface area contributed by atoms with Gasteiger partial charge in [0, 0.05) is 6.42 Å². The van der Waals surface area contributed by atoms with Crippen LogP contribution in [0.5, 0.6) is 0 Å². The van der Waals surface area contributed by atoms with Gasteiger partial charge in [-0.25, -0.2) is 4.79 Å². The molecule has 1 aliphatic carbocycles. The van der Waals surface area contributed by atoms with Gasteiger partial charge in [0.05, 0.1) is 12.7 Å². The molecule has 0 saturated carbocycles. The average molecular weight is 361 g/mol. The summed E-state index contributed by atoms with van der Waals surface area (Å²) in [5.74, 6) is -0.610. The van der Waals surface area contributed by atoms with E-state index in [1.54, 1.807) is 6.92 Å². The van der Waals surface area contributed by atoms with Crippen LogP contribution in [0.4, 0.5) is 0 Å². The Morgan fingerprint density at radius 2 is 1.84 bits per heavy atom. The molecular formula is C20H28O4Si. The molecule has 0 bridgehead atoms. The second kappa shape index (κ2) is 8.58. The Hall–Kier alpha value is -1.72. The molecule has 1 unspecified atom stereocenters. The molecule has 136 valence electrons. The first-order chi connectivity index (χ1) is 11.8. The Morgan fingerprint density at radius 3 is 2.44 bits per heavy atom. The Morgan fingerprint density at radius 1 is 1.16 bits per heavy atom. The highest BCUT2D eigenvalue weighted by Crippen LogP contribution is 2.32. The summed E-state index contributed by atoms with van der Waals surface area (Å²) in [4.78, 5) is 24.5. The lowest BCUT2D eigenvalue weighted by atomic mass is 9.98. The summed E-state index contributed by atoms with van der Waals surface area (Å²) in [5, 5.41) is 0. The van der Waals surface area contributed by atoms with Crippen LogP contribution in [0, 0.1) is 0 Å². The summed E-state index contributed by atoms with van der Waals surface area (Å²) in [6, 6.07) is 10.2. The van der Waals surface area contributed by atoms with E-state index in [1.165, 1.54) is 5.56 Å². The highest BCUT2D eigenvalue weighted by atomic mass is 28.4. The molecule has 0 spiro atoms. The molecule has 25 heavy (non-hydrogen) atoms. The number of aryl methyl sites for hydroxylation is 1. The molecule has 0 aromatic heterocycles. The maximum atomic E-state index is 12.3.